The Hall–Kier alpha value is -1.40. The molecule has 0 radical (unpaired) electrons. The van der Waals surface area contributed by atoms with Crippen molar-refractivity contribution in [2.24, 2.45) is 5.14 Å². The minimum absolute atomic E-state index is 0.0324. The van der Waals surface area contributed by atoms with Gasteiger partial charge in [0.2, 0.25) is 10.0 Å². The molecular weight excluding hydrogens is 254 g/mol. The third kappa shape index (κ3) is 2.70. The van der Waals surface area contributed by atoms with Crippen molar-refractivity contribution in [1.29, 1.82) is 0 Å². The third-order valence-electron chi connectivity index (χ3n) is 3.08. The van der Waals surface area contributed by atoms with Crippen LogP contribution in [-0.2, 0) is 14.8 Å². The standard InChI is InChI=1S/C12H15NO4S/c1-8-5-6-10(18(13,15)16)7-11(8)12(14)17-9-3-2-4-9/h5-7,9H,2-4H2,1H3,(H2,13,15,16). The number of ether oxygens (including phenoxy) is 1. The number of primary sulfonamides is 1. The molecule has 6 heteroatoms. The maximum Gasteiger partial charge on any atom is 0.338 e. The summed E-state index contributed by atoms with van der Waals surface area (Å²) >= 11 is 0. The summed E-state index contributed by atoms with van der Waals surface area (Å²) in [5.41, 5.74) is 0.931. The Morgan fingerprint density at radius 3 is 2.56 bits per heavy atom. The van der Waals surface area contributed by atoms with Crippen LogP contribution in [0.4, 0.5) is 0 Å². The van der Waals surface area contributed by atoms with Crippen molar-refractivity contribution in [2.45, 2.75) is 37.2 Å². The molecule has 1 aromatic rings. The van der Waals surface area contributed by atoms with Crippen LogP contribution in [0.5, 0.6) is 0 Å². The highest BCUT2D eigenvalue weighted by molar-refractivity contribution is 7.89. The fourth-order valence-corrected chi connectivity index (χ4v) is 2.24. The van der Waals surface area contributed by atoms with Crippen LogP contribution in [0.3, 0.4) is 0 Å². The van der Waals surface area contributed by atoms with E-state index in [1.54, 1.807) is 13.0 Å². The normalized spacial score (nSPS) is 16.1. The topological polar surface area (TPSA) is 86.5 Å². The smallest absolute Gasteiger partial charge is 0.338 e. The summed E-state index contributed by atoms with van der Waals surface area (Å²) in [6.45, 7) is 1.73. The van der Waals surface area contributed by atoms with Crippen molar-refractivity contribution in [3.63, 3.8) is 0 Å². The number of rotatable bonds is 3. The Labute approximate surface area is 106 Å². The summed E-state index contributed by atoms with van der Waals surface area (Å²) in [5, 5.41) is 5.03. The van der Waals surface area contributed by atoms with Crippen LogP contribution in [0.15, 0.2) is 23.1 Å². The summed E-state index contributed by atoms with van der Waals surface area (Å²) < 4.78 is 27.7. The Morgan fingerprint density at radius 2 is 2.06 bits per heavy atom. The van der Waals surface area contributed by atoms with E-state index in [2.05, 4.69) is 0 Å². The zero-order valence-electron chi connectivity index (χ0n) is 10.0. The highest BCUT2D eigenvalue weighted by atomic mass is 32.2. The lowest BCUT2D eigenvalue weighted by molar-refractivity contribution is 0.00890. The minimum Gasteiger partial charge on any atom is -0.459 e. The Kier molecular flexibility index (Phi) is 3.41. The first-order valence-corrected chi connectivity index (χ1v) is 7.27. The van der Waals surface area contributed by atoms with E-state index in [-0.39, 0.29) is 16.6 Å². The molecule has 98 valence electrons. The average Bonchev–Trinajstić information content (AvgIpc) is 2.22. The van der Waals surface area contributed by atoms with Crippen molar-refractivity contribution >= 4 is 16.0 Å². The zero-order chi connectivity index (χ0) is 13.3. The zero-order valence-corrected chi connectivity index (χ0v) is 10.9. The van der Waals surface area contributed by atoms with Gasteiger partial charge in [-0.25, -0.2) is 18.4 Å². The minimum atomic E-state index is -3.80. The second kappa shape index (κ2) is 4.70. The molecule has 1 aromatic carbocycles. The molecule has 0 aliphatic heterocycles. The van der Waals surface area contributed by atoms with Gasteiger partial charge in [-0.2, -0.15) is 0 Å². The molecule has 2 N–H and O–H groups in total. The number of esters is 1. The molecule has 0 bridgehead atoms. The van der Waals surface area contributed by atoms with Crippen molar-refractivity contribution in [3.8, 4) is 0 Å². The molecule has 1 aliphatic carbocycles. The van der Waals surface area contributed by atoms with E-state index in [4.69, 9.17) is 9.88 Å². The number of nitrogens with two attached hydrogens (primary N) is 1. The van der Waals surface area contributed by atoms with E-state index >= 15 is 0 Å². The molecule has 1 fully saturated rings. The molecule has 1 aliphatic rings. The summed E-state index contributed by atoms with van der Waals surface area (Å²) in [6, 6.07) is 4.20. The number of carbonyl (C=O) groups is 1. The molecule has 5 nitrogen and oxygen atoms in total. The monoisotopic (exact) mass is 269 g/mol. The number of hydrogen-bond donors (Lipinski definition) is 1. The molecule has 0 atom stereocenters. The van der Waals surface area contributed by atoms with Gasteiger partial charge in [-0.15, -0.1) is 0 Å². The third-order valence-corrected chi connectivity index (χ3v) is 3.99. The van der Waals surface area contributed by atoms with Crippen LogP contribution < -0.4 is 5.14 Å². The van der Waals surface area contributed by atoms with E-state index in [1.165, 1.54) is 12.1 Å². The first-order chi connectivity index (χ1) is 8.38. The lowest BCUT2D eigenvalue weighted by atomic mass is 9.96. The van der Waals surface area contributed by atoms with Crippen LogP contribution in [0.1, 0.15) is 35.2 Å². The molecule has 1 saturated carbocycles. The molecule has 0 spiro atoms. The van der Waals surface area contributed by atoms with Gasteiger partial charge in [-0.05, 0) is 43.9 Å². The Morgan fingerprint density at radius 1 is 1.39 bits per heavy atom. The Bertz CT molecular complexity index is 576. The molecular formula is C12H15NO4S. The van der Waals surface area contributed by atoms with Gasteiger partial charge in [0, 0.05) is 0 Å². The fraction of sp³-hybridized carbons (Fsp3) is 0.417. The fourth-order valence-electron chi connectivity index (χ4n) is 1.70. The van der Waals surface area contributed by atoms with Gasteiger partial charge in [0.05, 0.1) is 10.5 Å². The predicted molar refractivity (Wildman–Crippen MR) is 65.6 cm³/mol. The SMILES string of the molecule is Cc1ccc(S(N)(=O)=O)cc1C(=O)OC1CCC1. The summed E-state index contributed by atoms with van der Waals surface area (Å²) in [6.07, 6.45) is 2.78. The number of hydrogen-bond acceptors (Lipinski definition) is 4. The van der Waals surface area contributed by atoms with E-state index in [0.717, 1.165) is 19.3 Å². The van der Waals surface area contributed by atoms with E-state index in [1.807, 2.05) is 0 Å². The van der Waals surface area contributed by atoms with Gasteiger partial charge in [-0.1, -0.05) is 6.07 Å². The van der Waals surface area contributed by atoms with Gasteiger partial charge in [0.25, 0.3) is 0 Å². The second-order valence-corrected chi connectivity index (χ2v) is 6.04. The van der Waals surface area contributed by atoms with Gasteiger partial charge in [0.1, 0.15) is 6.10 Å². The van der Waals surface area contributed by atoms with Crippen molar-refractivity contribution in [2.75, 3.05) is 0 Å². The molecule has 0 saturated heterocycles. The van der Waals surface area contributed by atoms with Crippen LogP contribution >= 0.6 is 0 Å². The van der Waals surface area contributed by atoms with E-state index < -0.39 is 16.0 Å². The Balaban J connectivity index is 2.28. The van der Waals surface area contributed by atoms with Crippen molar-refractivity contribution in [3.05, 3.63) is 29.3 Å². The van der Waals surface area contributed by atoms with E-state index in [9.17, 15) is 13.2 Å². The molecule has 18 heavy (non-hydrogen) atoms. The first-order valence-electron chi connectivity index (χ1n) is 5.72. The van der Waals surface area contributed by atoms with Crippen molar-refractivity contribution < 1.29 is 17.9 Å². The maximum absolute atomic E-state index is 11.9. The lowest BCUT2D eigenvalue weighted by Crippen LogP contribution is -2.25. The van der Waals surface area contributed by atoms with Gasteiger partial charge < -0.3 is 4.74 Å². The van der Waals surface area contributed by atoms with Crippen LogP contribution in [0.25, 0.3) is 0 Å². The van der Waals surface area contributed by atoms with Gasteiger partial charge in [0.15, 0.2) is 0 Å². The number of sulfonamides is 1. The summed E-state index contributed by atoms with van der Waals surface area (Å²) in [4.78, 5) is 11.8. The second-order valence-electron chi connectivity index (χ2n) is 4.48. The van der Waals surface area contributed by atoms with Crippen LogP contribution in [-0.4, -0.2) is 20.5 Å². The molecule has 0 aromatic heterocycles. The molecule has 0 amide bonds. The van der Waals surface area contributed by atoms with Gasteiger partial charge in [-0.3, -0.25) is 0 Å². The number of benzene rings is 1. The molecule has 0 unspecified atom stereocenters. The average molecular weight is 269 g/mol. The summed E-state index contributed by atoms with van der Waals surface area (Å²) in [5.74, 6) is -0.484. The highest BCUT2D eigenvalue weighted by Crippen LogP contribution is 2.24. The largest absolute Gasteiger partial charge is 0.459 e. The van der Waals surface area contributed by atoms with Crippen molar-refractivity contribution in [1.82, 2.24) is 0 Å². The molecule has 2 rings (SSSR count). The molecule has 0 heterocycles. The summed E-state index contributed by atoms with van der Waals surface area (Å²) in [7, 11) is -3.80. The van der Waals surface area contributed by atoms with Gasteiger partial charge >= 0.3 is 5.97 Å². The lowest BCUT2D eigenvalue weighted by Gasteiger charge is -2.25. The highest BCUT2D eigenvalue weighted by Gasteiger charge is 2.24. The number of carbonyl (C=O) groups excluding carboxylic acids is 1. The predicted octanol–water partition coefficient (Wildman–Crippen LogP) is 1.35. The van der Waals surface area contributed by atoms with E-state index in [0.29, 0.717) is 5.56 Å². The number of aryl methyl sites for hydroxylation is 1. The first kappa shape index (κ1) is 13.0. The van der Waals surface area contributed by atoms with Crippen LogP contribution in [0, 0.1) is 6.92 Å². The van der Waals surface area contributed by atoms with Crippen LogP contribution in [0.2, 0.25) is 0 Å². The quantitative estimate of drug-likeness (QED) is 0.839. The maximum atomic E-state index is 11.9.